The molecule has 6 heteroatoms. The number of carboxylic acid groups (broad SMARTS) is 1. The van der Waals surface area contributed by atoms with E-state index in [0.29, 0.717) is 17.0 Å². The number of ether oxygens (including phenoxy) is 1. The first kappa shape index (κ1) is 16.5. The molecule has 0 aromatic carbocycles. The van der Waals surface area contributed by atoms with Crippen LogP contribution in [0.25, 0.3) is 0 Å². The van der Waals surface area contributed by atoms with Gasteiger partial charge in [-0.2, -0.15) is 0 Å². The predicted molar refractivity (Wildman–Crippen MR) is 78.5 cm³/mol. The molecule has 0 atom stereocenters. The van der Waals surface area contributed by atoms with Crippen LogP contribution in [0.4, 0.5) is 4.79 Å². The molecule has 0 bridgehead atoms. The Morgan fingerprint density at radius 1 is 1.30 bits per heavy atom. The number of nitrogens with one attached hydrogen (secondary N) is 1. The van der Waals surface area contributed by atoms with E-state index in [4.69, 9.17) is 9.84 Å². The molecule has 0 saturated carbocycles. The fourth-order valence-corrected chi connectivity index (χ4v) is 2.62. The van der Waals surface area contributed by atoms with Crippen LogP contribution in [0.2, 0.25) is 0 Å². The Labute approximate surface area is 123 Å². The maximum Gasteiger partial charge on any atom is 0.407 e. The summed E-state index contributed by atoms with van der Waals surface area (Å²) in [6, 6.07) is 1.78. The molecule has 0 radical (unpaired) electrons. The van der Waals surface area contributed by atoms with Crippen LogP contribution in [0.5, 0.6) is 0 Å². The standard InChI is InChI=1S/C14H21NO4S/c1-13(2,3)19-12(18)15-8-14(4,5)9-6-7-20-10(9)11(16)17/h6-7H,8H2,1-5H3,(H,15,18)(H,16,17). The molecule has 5 nitrogen and oxygen atoms in total. The van der Waals surface area contributed by atoms with Gasteiger partial charge in [0.25, 0.3) is 0 Å². The van der Waals surface area contributed by atoms with Crippen molar-refractivity contribution >= 4 is 23.4 Å². The van der Waals surface area contributed by atoms with E-state index >= 15 is 0 Å². The Morgan fingerprint density at radius 2 is 1.90 bits per heavy atom. The lowest BCUT2D eigenvalue weighted by molar-refractivity contribution is 0.0517. The second-order valence-electron chi connectivity index (χ2n) is 6.21. The molecule has 0 saturated heterocycles. The van der Waals surface area contributed by atoms with Gasteiger partial charge < -0.3 is 15.2 Å². The fourth-order valence-electron chi connectivity index (χ4n) is 1.71. The quantitative estimate of drug-likeness (QED) is 0.895. The van der Waals surface area contributed by atoms with Crippen LogP contribution in [0.15, 0.2) is 11.4 Å². The van der Waals surface area contributed by atoms with E-state index in [9.17, 15) is 9.59 Å². The van der Waals surface area contributed by atoms with Gasteiger partial charge >= 0.3 is 12.1 Å². The van der Waals surface area contributed by atoms with Gasteiger partial charge in [0.2, 0.25) is 0 Å². The summed E-state index contributed by atoms with van der Waals surface area (Å²) in [5.74, 6) is -0.944. The molecular weight excluding hydrogens is 278 g/mol. The van der Waals surface area contributed by atoms with Gasteiger partial charge in [-0.15, -0.1) is 11.3 Å². The van der Waals surface area contributed by atoms with Gasteiger partial charge in [0.15, 0.2) is 0 Å². The number of carbonyl (C=O) groups excluding carboxylic acids is 1. The Bertz CT molecular complexity index is 500. The number of hydrogen-bond acceptors (Lipinski definition) is 4. The first-order valence-electron chi connectivity index (χ1n) is 6.31. The van der Waals surface area contributed by atoms with E-state index in [2.05, 4.69) is 5.32 Å². The van der Waals surface area contributed by atoms with Crippen molar-refractivity contribution in [3.63, 3.8) is 0 Å². The molecule has 20 heavy (non-hydrogen) atoms. The summed E-state index contributed by atoms with van der Waals surface area (Å²) in [6.07, 6.45) is -0.502. The molecule has 1 rings (SSSR count). The number of carboxylic acids is 1. The van der Waals surface area contributed by atoms with Gasteiger partial charge in [-0.25, -0.2) is 9.59 Å². The summed E-state index contributed by atoms with van der Waals surface area (Å²) in [5, 5.41) is 13.6. The van der Waals surface area contributed by atoms with Crippen molar-refractivity contribution in [1.29, 1.82) is 0 Å². The molecule has 2 N–H and O–H groups in total. The molecule has 0 aliphatic carbocycles. The van der Waals surface area contributed by atoms with Crippen molar-refractivity contribution < 1.29 is 19.4 Å². The number of thiophene rings is 1. The molecule has 1 aromatic rings. The minimum atomic E-state index is -0.944. The summed E-state index contributed by atoms with van der Waals surface area (Å²) < 4.78 is 5.16. The first-order valence-corrected chi connectivity index (χ1v) is 7.19. The minimum Gasteiger partial charge on any atom is -0.477 e. The van der Waals surface area contributed by atoms with Crippen LogP contribution in [0.1, 0.15) is 49.9 Å². The molecule has 0 aliphatic heterocycles. The normalized spacial score (nSPS) is 12.1. The SMILES string of the molecule is CC(C)(C)OC(=O)NCC(C)(C)c1ccsc1C(=O)O. The van der Waals surface area contributed by atoms with Crippen molar-refractivity contribution in [1.82, 2.24) is 5.32 Å². The van der Waals surface area contributed by atoms with Gasteiger partial charge in [0, 0.05) is 12.0 Å². The van der Waals surface area contributed by atoms with Crippen LogP contribution in [0, 0.1) is 0 Å². The highest BCUT2D eigenvalue weighted by Crippen LogP contribution is 2.29. The van der Waals surface area contributed by atoms with Crippen LogP contribution in [0.3, 0.4) is 0 Å². The fraction of sp³-hybridized carbons (Fsp3) is 0.571. The van der Waals surface area contributed by atoms with E-state index in [1.165, 1.54) is 11.3 Å². The van der Waals surface area contributed by atoms with Crippen LogP contribution in [-0.4, -0.2) is 29.3 Å². The zero-order valence-electron chi connectivity index (χ0n) is 12.4. The molecule has 0 aliphatic rings. The molecule has 1 aromatic heterocycles. The Balaban J connectivity index is 2.73. The van der Waals surface area contributed by atoms with E-state index in [1.54, 1.807) is 32.2 Å². The van der Waals surface area contributed by atoms with Crippen molar-refractivity contribution in [3.05, 3.63) is 21.9 Å². The molecule has 112 valence electrons. The molecule has 0 fully saturated rings. The second kappa shape index (κ2) is 5.83. The highest BCUT2D eigenvalue weighted by Gasteiger charge is 2.28. The molecule has 1 amide bonds. The third-order valence-corrected chi connectivity index (χ3v) is 3.56. The van der Waals surface area contributed by atoms with E-state index in [0.717, 1.165) is 0 Å². The predicted octanol–water partition coefficient (Wildman–Crippen LogP) is 3.25. The third kappa shape index (κ3) is 4.52. The van der Waals surface area contributed by atoms with Crippen LogP contribution in [-0.2, 0) is 10.2 Å². The van der Waals surface area contributed by atoms with Crippen molar-refractivity contribution in [3.8, 4) is 0 Å². The summed E-state index contributed by atoms with van der Waals surface area (Å²) in [5.41, 5.74) is -0.320. The van der Waals surface area contributed by atoms with E-state index in [-0.39, 0.29) is 0 Å². The Kier molecular flexibility index (Phi) is 4.81. The number of rotatable bonds is 4. The summed E-state index contributed by atoms with van der Waals surface area (Å²) in [6.45, 7) is 9.45. The van der Waals surface area contributed by atoms with Crippen molar-refractivity contribution in [2.45, 2.75) is 45.6 Å². The molecule has 0 unspecified atom stereocenters. The zero-order chi connectivity index (χ0) is 15.6. The smallest absolute Gasteiger partial charge is 0.407 e. The lowest BCUT2D eigenvalue weighted by Crippen LogP contribution is -2.40. The lowest BCUT2D eigenvalue weighted by atomic mass is 9.85. The largest absolute Gasteiger partial charge is 0.477 e. The highest BCUT2D eigenvalue weighted by molar-refractivity contribution is 7.12. The average Bonchev–Trinajstić information content (AvgIpc) is 2.73. The third-order valence-electron chi connectivity index (χ3n) is 2.66. The number of alkyl carbamates (subject to hydrolysis) is 1. The van der Waals surface area contributed by atoms with Gasteiger partial charge in [-0.05, 0) is 37.8 Å². The molecule has 0 spiro atoms. The summed E-state index contributed by atoms with van der Waals surface area (Å²) >= 11 is 1.19. The van der Waals surface area contributed by atoms with Crippen LogP contribution < -0.4 is 5.32 Å². The van der Waals surface area contributed by atoms with E-state index < -0.39 is 23.1 Å². The first-order chi connectivity index (χ1) is 9.03. The van der Waals surface area contributed by atoms with Gasteiger partial charge in [0.05, 0.1) is 0 Å². The number of hydrogen-bond donors (Lipinski definition) is 2. The van der Waals surface area contributed by atoms with Gasteiger partial charge in [-0.3, -0.25) is 0 Å². The molecule has 1 heterocycles. The van der Waals surface area contributed by atoms with Gasteiger partial charge in [0.1, 0.15) is 10.5 Å². The maximum atomic E-state index is 11.6. The minimum absolute atomic E-state index is 0.304. The highest BCUT2D eigenvalue weighted by atomic mass is 32.1. The number of amides is 1. The monoisotopic (exact) mass is 299 g/mol. The number of aromatic carboxylic acids is 1. The maximum absolute atomic E-state index is 11.6. The summed E-state index contributed by atoms with van der Waals surface area (Å²) in [7, 11) is 0. The zero-order valence-corrected chi connectivity index (χ0v) is 13.3. The topological polar surface area (TPSA) is 75.6 Å². The van der Waals surface area contributed by atoms with Crippen molar-refractivity contribution in [2.75, 3.05) is 6.54 Å². The van der Waals surface area contributed by atoms with Gasteiger partial charge in [-0.1, -0.05) is 13.8 Å². The number of carbonyl (C=O) groups is 2. The van der Waals surface area contributed by atoms with Crippen molar-refractivity contribution in [2.24, 2.45) is 0 Å². The Morgan fingerprint density at radius 3 is 2.40 bits per heavy atom. The lowest BCUT2D eigenvalue weighted by Gasteiger charge is -2.26. The van der Waals surface area contributed by atoms with E-state index in [1.807, 2.05) is 13.8 Å². The second-order valence-corrected chi connectivity index (χ2v) is 7.12. The molecular formula is C14H21NO4S. The summed E-state index contributed by atoms with van der Waals surface area (Å²) in [4.78, 5) is 23.1. The average molecular weight is 299 g/mol. The Hall–Kier alpha value is -1.56. The van der Waals surface area contributed by atoms with Crippen LogP contribution >= 0.6 is 11.3 Å².